The number of pyridine rings is 1. The highest BCUT2D eigenvalue weighted by atomic mass is 32.2. The maximum atomic E-state index is 12.8. The van der Waals surface area contributed by atoms with Gasteiger partial charge in [0, 0.05) is 29.1 Å². The van der Waals surface area contributed by atoms with E-state index >= 15 is 0 Å². The summed E-state index contributed by atoms with van der Waals surface area (Å²) in [6, 6.07) is 11.8. The van der Waals surface area contributed by atoms with E-state index < -0.39 is 15.8 Å². The Balaban J connectivity index is 1.83. The standard InChI is InChI=1S/C24H26N6O4S/c1-4-34-24(32)30-35(3,33)21-12-10-20(11-13-21)28-23-26-15-18(22(29-23)27-17(2)16-31)8-9-19-7-5-6-14-25-19/h5-7,10-15,17,31H,4,16H2,1-3H3,(H2,26,27,28,29)/t17-,35?/m1/s1. The van der Waals surface area contributed by atoms with Crippen molar-refractivity contribution in [3.63, 3.8) is 0 Å². The molecule has 1 unspecified atom stereocenters. The van der Waals surface area contributed by atoms with Gasteiger partial charge in [-0.3, -0.25) is 0 Å². The molecule has 11 heteroatoms. The van der Waals surface area contributed by atoms with E-state index in [4.69, 9.17) is 4.74 Å². The number of aliphatic hydroxyl groups is 1. The van der Waals surface area contributed by atoms with E-state index in [0.29, 0.717) is 33.6 Å². The summed E-state index contributed by atoms with van der Waals surface area (Å²) in [7, 11) is -2.94. The molecule has 2 aromatic heterocycles. The molecule has 0 aliphatic rings. The fourth-order valence-electron chi connectivity index (χ4n) is 2.76. The first kappa shape index (κ1) is 25.6. The molecule has 0 bridgehead atoms. The molecule has 0 aliphatic carbocycles. The number of carbonyl (C=O) groups is 1. The van der Waals surface area contributed by atoms with Crippen molar-refractivity contribution in [2.75, 3.05) is 30.1 Å². The van der Waals surface area contributed by atoms with Gasteiger partial charge in [0.25, 0.3) is 0 Å². The lowest BCUT2D eigenvalue weighted by atomic mass is 10.2. The molecule has 0 spiro atoms. The number of hydrogen-bond donors (Lipinski definition) is 3. The van der Waals surface area contributed by atoms with Gasteiger partial charge in [0.1, 0.15) is 11.5 Å². The minimum Gasteiger partial charge on any atom is -0.448 e. The summed E-state index contributed by atoms with van der Waals surface area (Å²) in [4.78, 5) is 25.0. The highest BCUT2D eigenvalue weighted by Crippen LogP contribution is 2.20. The van der Waals surface area contributed by atoms with Crippen LogP contribution < -0.4 is 10.6 Å². The average molecular weight is 495 g/mol. The Morgan fingerprint density at radius 3 is 2.63 bits per heavy atom. The van der Waals surface area contributed by atoms with E-state index in [-0.39, 0.29) is 19.3 Å². The van der Waals surface area contributed by atoms with E-state index in [9.17, 15) is 14.1 Å². The van der Waals surface area contributed by atoms with Gasteiger partial charge in [-0.25, -0.2) is 19.0 Å². The van der Waals surface area contributed by atoms with Gasteiger partial charge < -0.3 is 20.5 Å². The largest absolute Gasteiger partial charge is 0.448 e. The van der Waals surface area contributed by atoms with Crippen LogP contribution in [0.25, 0.3) is 0 Å². The maximum Gasteiger partial charge on any atom is 0.442 e. The first-order chi connectivity index (χ1) is 16.8. The van der Waals surface area contributed by atoms with Gasteiger partial charge in [-0.05, 0) is 56.2 Å². The second-order valence-corrected chi connectivity index (χ2v) is 9.65. The Labute approximate surface area is 204 Å². The SMILES string of the molecule is CCOC(=O)N=S(C)(=O)c1ccc(Nc2ncc(C#Cc3ccccn3)c(N[C@H](C)CO)n2)cc1. The Morgan fingerprint density at radius 1 is 1.20 bits per heavy atom. The quantitative estimate of drug-likeness (QED) is 0.422. The number of amides is 1. The fraction of sp³-hybridized carbons (Fsp3) is 0.250. The second-order valence-electron chi connectivity index (χ2n) is 7.39. The Bertz CT molecular complexity index is 1340. The van der Waals surface area contributed by atoms with Gasteiger partial charge >= 0.3 is 6.09 Å². The van der Waals surface area contributed by atoms with Crippen molar-refractivity contribution in [1.29, 1.82) is 0 Å². The van der Waals surface area contributed by atoms with E-state index in [1.807, 2.05) is 19.1 Å². The number of aromatic nitrogens is 3. The smallest absolute Gasteiger partial charge is 0.442 e. The van der Waals surface area contributed by atoms with Gasteiger partial charge in [0.2, 0.25) is 5.95 Å². The number of aliphatic hydroxyl groups excluding tert-OH is 1. The summed E-state index contributed by atoms with van der Waals surface area (Å²) >= 11 is 0. The molecule has 0 saturated carbocycles. The van der Waals surface area contributed by atoms with Crippen LogP contribution >= 0.6 is 0 Å². The summed E-state index contributed by atoms with van der Waals surface area (Å²) in [5.41, 5.74) is 1.79. The van der Waals surface area contributed by atoms with Gasteiger partial charge in [-0.2, -0.15) is 4.98 Å². The van der Waals surface area contributed by atoms with Crippen molar-refractivity contribution in [3.8, 4) is 11.8 Å². The topological polar surface area (TPSA) is 139 Å². The Hall–Kier alpha value is -4.01. The van der Waals surface area contributed by atoms with Crippen LogP contribution in [-0.2, 0) is 14.5 Å². The number of hydrogen-bond acceptors (Lipinski definition) is 9. The maximum absolute atomic E-state index is 12.8. The number of benzene rings is 1. The van der Waals surface area contributed by atoms with Crippen molar-refractivity contribution < 1.29 is 18.8 Å². The Kier molecular flexibility index (Phi) is 8.72. The third-order valence-corrected chi connectivity index (χ3v) is 6.14. The van der Waals surface area contributed by atoms with Crippen LogP contribution in [0.5, 0.6) is 0 Å². The van der Waals surface area contributed by atoms with Crippen molar-refractivity contribution in [3.05, 3.63) is 66.1 Å². The number of nitrogens with one attached hydrogen (secondary N) is 2. The summed E-state index contributed by atoms with van der Waals surface area (Å²) in [6.07, 6.45) is 3.75. The molecule has 2 atom stereocenters. The third kappa shape index (κ3) is 7.49. The number of nitrogens with zero attached hydrogens (tertiary/aromatic N) is 4. The van der Waals surface area contributed by atoms with Crippen molar-refractivity contribution in [2.45, 2.75) is 24.8 Å². The summed E-state index contributed by atoms with van der Waals surface area (Å²) in [5, 5.41) is 15.6. The zero-order chi connectivity index (χ0) is 25.3. The molecule has 1 amide bonds. The number of anilines is 3. The molecule has 182 valence electrons. The molecule has 3 aromatic rings. The lowest BCUT2D eigenvalue weighted by Gasteiger charge is -2.14. The van der Waals surface area contributed by atoms with Crippen LogP contribution in [0.3, 0.4) is 0 Å². The van der Waals surface area contributed by atoms with E-state index in [0.717, 1.165) is 0 Å². The van der Waals surface area contributed by atoms with E-state index in [1.165, 1.54) is 6.26 Å². The van der Waals surface area contributed by atoms with Crippen molar-refractivity contribution >= 4 is 33.3 Å². The van der Waals surface area contributed by atoms with E-state index in [1.54, 1.807) is 49.6 Å². The molecule has 3 N–H and O–H groups in total. The summed E-state index contributed by atoms with van der Waals surface area (Å²) < 4.78 is 21.2. The van der Waals surface area contributed by atoms with Gasteiger partial charge in [-0.15, -0.1) is 4.36 Å². The zero-order valence-electron chi connectivity index (χ0n) is 19.6. The van der Waals surface area contributed by atoms with Crippen LogP contribution in [0, 0.1) is 11.8 Å². The predicted molar refractivity (Wildman–Crippen MR) is 134 cm³/mol. The molecular weight excluding hydrogens is 468 g/mol. The highest BCUT2D eigenvalue weighted by molar-refractivity contribution is 7.93. The fourth-order valence-corrected chi connectivity index (χ4v) is 3.84. The molecule has 10 nitrogen and oxygen atoms in total. The van der Waals surface area contributed by atoms with Crippen LogP contribution in [0.4, 0.5) is 22.2 Å². The first-order valence-corrected chi connectivity index (χ1v) is 12.7. The molecule has 0 fully saturated rings. The molecular formula is C24H26N6O4S. The predicted octanol–water partition coefficient (Wildman–Crippen LogP) is 3.42. The van der Waals surface area contributed by atoms with Crippen molar-refractivity contribution in [2.24, 2.45) is 4.36 Å². The molecule has 35 heavy (non-hydrogen) atoms. The van der Waals surface area contributed by atoms with Crippen LogP contribution in [0.15, 0.2) is 64.1 Å². The lowest BCUT2D eigenvalue weighted by Crippen LogP contribution is -2.21. The summed E-state index contributed by atoms with van der Waals surface area (Å²) in [5.74, 6) is 6.73. The molecule has 0 aliphatic heterocycles. The van der Waals surface area contributed by atoms with Crippen LogP contribution in [0.2, 0.25) is 0 Å². The molecule has 0 saturated heterocycles. The molecule has 2 heterocycles. The van der Waals surface area contributed by atoms with Gasteiger partial charge in [0.05, 0.1) is 34.7 Å². The second kappa shape index (κ2) is 11.9. The van der Waals surface area contributed by atoms with Gasteiger partial charge in [0.15, 0.2) is 0 Å². The number of rotatable bonds is 7. The van der Waals surface area contributed by atoms with Crippen LogP contribution in [0.1, 0.15) is 25.1 Å². The summed E-state index contributed by atoms with van der Waals surface area (Å²) in [6.45, 7) is 3.53. The number of ether oxygens (including phenoxy) is 1. The normalized spacial score (nSPS) is 12.9. The average Bonchev–Trinajstić information content (AvgIpc) is 2.84. The molecule has 0 radical (unpaired) electrons. The van der Waals surface area contributed by atoms with Gasteiger partial charge in [-0.1, -0.05) is 12.0 Å². The lowest BCUT2D eigenvalue weighted by molar-refractivity contribution is 0.164. The molecule has 3 rings (SSSR count). The third-order valence-electron chi connectivity index (χ3n) is 4.50. The van der Waals surface area contributed by atoms with Crippen molar-refractivity contribution in [1.82, 2.24) is 15.0 Å². The zero-order valence-corrected chi connectivity index (χ0v) is 20.4. The Morgan fingerprint density at radius 2 is 1.97 bits per heavy atom. The number of carbonyl (C=O) groups excluding carboxylic acids is 1. The minimum absolute atomic E-state index is 0.0888. The monoisotopic (exact) mass is 494 g/mol. The first-order valence-electron chi connectivity index (χ1n) is 10.7. The van der Waals surface area contributed by atoms with E-state index in [2.05, 4.69) is 41.8 Å². The minimum atomic E-state index is -2.94. The molecule has 1 aromatic carbocycles. The highest BCUT2D eigenvalue weighted by Gasteiger charge is 2.12. The van der Waals surface area contributed by atoms with Crippen LogP contribution in [-0.4, -0.2) is 55.9 Å².